The Hall–Kier alpha value is -1.40. The van der Waals surface area contributed by atoms with E-state index in [1.54, 1.807) is 0 Å². The van der Waals surface area contributed by atoms with Gasteiger partial charge in [-0.2, -0.15) is 0 Å². The predicted molar refractivity (Wildman–Crippen MR) is 109 cm³/mol. The lowest BCUT2D eigenvalue weighted by molar-refractivity contribution is -0.126. The van der Waals surface area contributed by atoms with Gasteiger partial charge >= 0.3 is 0 Å². The molecule has 0 bridgehead atoms. The average molecular weight is 379 g/mol. The zero-order valence-corrected chi connectivity index (χ0v) is 17.7. The number of hydrogen-bond acceptors (Lipinski definition) is 5. The number of carbonyl (C=O) groups is 1. The van der Waals surface area contributed by atoms with Crippen LogP contribution in [0.25, 0.3) is 0 Å². The van der Waals surface area contributed by atoms with Crippen LogP contribution in [0, 0.1) is 19.8 Å². The molecule has 1 aliphatic heterocycles. The highest BCUT2D eigenvalue weighted by atomic mass is 16.4. The minimum absolute atomic E-state index is 0.156. The van der Waals surface area contributed by atoms with Crippen molar-refractivity contribution < 1.29 is 9.21 Å². The third-order valence-electron chi connectivity index (χ3n) is 5.36. The third kappa shape index (κ3) is 7.26. The lowest BCUT2D eigenvalue weighted by Crippen LogP contribution is -2.41. The van der Waals surface area contributed by atoms with E-state index in [1.165, 1.54) is 12.8 Å². The van der Waals surface area contributed by atoms with Crippen LogP contribution in [0.5, 0.6) is 0 Å². The second-order valence-electron chi connectivity index (χ2n) is 7.77. The second-order valence-corrected chi connectivity index (χ2v) is 7.77. The minimum atomic E-state index is 0.156. The van der Waals surface area contributed by atoms with Gasteiger partial charge in [0.25, 0.3) is 0 Å². The maximum Gasteiger partial charge on any atom is 0.223 e. The lowest BCUT2D eigenvalue weighted by Gasteiger charge is -2.30. The van der Waals surface area contributed by atoms with Crippen LogP contribution in [0.3, 0.4) is 0 Å². The molecule has 1 aromatic heterocycles. The molecule has 0 radical (unpaired) electrons. The summed E-state index contributed by atoms with van der Waals surface area (Å²) in [4.78, 5) is 21.8. The van der Waals surface area contributed by atoms with Crippen LogP contribution < -0.4 is 5.32 Å². The first-order valence-electron chi connectivity index (χ1n) is 10.7. The Balaban J connectivity index is 1.63. The summed E-state index contributed by atoms with van der Waals surface area (Å²) in [6, 6.07) is 0. The second kappa shape index (κ2) is 11.4. The number of nitrogens with zero attached hydrogens (tertiary/aromatic N) is 3. The van der Waals surface area contributed by atoms with Crippen molar-refractivity contribution in [1.29, 1.82) is 0 Å². The van der Waals surface area contributed by atoms with Crippen LogP contribution in [-0.2, 0) is 11.3 Å². The van der Waals surface area contributed by atoms with E-state index >= 15 is 0 Å². The zero-order chi connectivity index (χ0) is 19.6. The molecule has 0 saturated carbocycles. The standard InChI is InChI=1S/C21H38N4O2/c1-5-11-24(12-6-2)13-7-10-22-21(26)19-8-14-25(15-9-19)16-20-17(3)27-18(4)23-20/h19H,5-16H2,1-4H3,(H,22,26). The number of carbonyl (C=O) groups excluding carboxylic acids is 1. The molecule has 154 valence electrons. The topological polar surface area (TPSA) is 61.6 Å². The van der Waals surface area contributed by atoms with Crippen molar-refractivity contribution in [2.45, 2.75) is 66.3 Å². The molecular weight excluding hydrogens is 340 g/mol. The molecule has 0 aromatic carbocycles. The first-order chi connectivity index (χ1) is 13.0. The van der Waals surface area contributed by atoms with Gasteiger partial charge < -0.3 is 14.6 Å². The van der Waals surface area contributed by atoms with E-state index in [4.69, 9.17) is 4.42 Å². The van der Waals surface area contributed by atoms with Gasteiger partial charge in [0, 0.05) is 25.9 Å². The van der Waals surface area contributed by atoms with Crippen molar-refractivity contribution in [3.05, 3.63) is 17.3 Å². The number of aromatic nitrogens is 1. The lowest BCUT2D eigenvalue weighted by atomic mass is 9.95. The van der Waals surface area contributed by atoms with Gasteiger partial charge in [-0.3, -0.25) is 9.69 Å². The fourth-order valence-electron chi connectivity index (χ4n) is 3.91. The molecule has 1 amide bonds. The van der Waals surface area contributed by atoms with Crippen molar-refractivity contribution in [3.8, 4) is 0 Å². The fourth-order valence-corrected chi connectivity index (χ4v) is 3.91. The van der Waals surface area contributed by atoms with Gasteiger partial charge in [0.05, 0.1) is 5.69 Å². The van der Waals surface area contributed by atoms with Crippen molar-refractivity contribution in [2.75, 3.05) is 39.3 Å². The molecule has 1 fully saturated rings. The first kappa shape index (κ1) is 21.9. The van der Waals surface area contributed by atoms with E-state index in [2.05, 4.69) is 33.9 Å². The SMILES string of the molecule is CCCN(CCC)CCCNC(=O)C1CCN(Cc2nc(C)oc2C)CC1. The molecule has 1 N–H and O–H groups in total. The Kier molecular flexibility index (Phi) is 9.28. The predicted octanol–water partition coefficient (Wildman–Crippen LogP) is 3.13. The molecule has 2 heterocycles. The van der Waals surface area contributed by atoms with Gasteiger partial charge in [-0.15, -0.1) is 0 Å². The highest BCUT2D eigenvalue weighted by Gasteiger charge is 2.25. The molecule has 0 aliphatic carbocycles. The number of oxazole rings is 1. The number of aryl methyl sites for hydroxylation is 2. The molecule has 1 saturated heterocycles. The van der Waals surface area contributed by atoms with E-state index in [1.807, 2.05) is 13.8 Å². The number of piperidine rings is 1. The molecule has 6 nitrogen and oxygen atoms in total. The van der Waals surface area contributed by atoms with Crippen LogP contribution in [0.4, 0.5) is 0 Å². The Bertz CT molecular complexity index is 559. The van der Waals surface area contributed by atoms with Crippen LogP contribution in [0.1, 0.15) is 63.3 Å². The monoisotopic (exact) mass is 378 g/mol. The van der Waals surface area contributed by atoms with Crippen LogP contribution >= 0.6 is 0 Å². The van der Waals surface area contributed by atoms with Crippen molar-refractivity contribution in [1.82, 2.24) is 20.1 Å². The third-order valence-corrected chi connectivity index (χ3v) is 5.36. The quantitative estimate of drug-likeness (QED) is 0.600. The van der Waals surface area contributed by atoms with E-state index in [9.17, 15) is 4.79 Å². The Morgan fingerprint density at radius 3 is 2.41 bits per heavy atom. The summed E-state index contributed by atoms with van der Waals surface area (Å²) in [5.74, 6) is 2.03. The van der Waals surface area contributed by atoms with E-state index in [0.717, 1.165) is 82.4 Å². The summed E-state index contributed by atoms with van der Waals surface area (Å²) in [5.41, 5.74) is 1.03. The molecule has 0 unspecified atom stereocenters. The molecular formula is C21H38N4O2. The van der Waals surface area contributed by atoms with Crippen molar-refractivity contribution in [3.63, 3.8) is 0 Å². The molecule has 27 heavy (non-hydrogen) atoms. The van der Waals surface area contributed by atoms with Gasteiger partial charge in [-0.25, -0.2) is 4.98 Å². The summed E-state index contributed by atoms with van der Waals surface area (Å²) >= 11 is 0. The van der Waals surface area contributed by atoms with Crippen molar-refractivity contribution >= 4 is 5.91 Å². The Morgan fingerprint density at radius 2 is 1.85 bits per heavy atom. The fraction of sp³-hybridized carbons (Fsp3) is 0.810. The minimum Gasteiger partial charge on any atom is -0.446 e. The highest BCUT2D eigenvalue weighted by molar-refractivity contribution is 5.78. The van der Waals surface area contributed by atoms with E-state index in [0.29, 0.717) is 0 Å². The normalized spacial score (nSPS) is 16.2. The number of nitrogens with one attached hydrogen (secondary N) is 1. The van der Waals surface area contributed by atoms with Gasteiger partial charge in [0.2, 0.25) is 5.91 Å². The van der Waals surface area contributed by atoms with Gasteiger partial charge in [-0.1, -0.05) is 13.8 Å². The Morgan fingerprint density at radius 1 is 1.19 bits per heavy atom. The number of hydrogen-bond donors (Lipinski definition) is 1. The molecule has 1 aromatic rings. The number of rotatable bonds is 11. The summed E-state index contributed by atoms with van der Waals surface area (Å²) < 4.78 is 5.51. The number of amides is 1. The maximum absolute atomic E-state index is 12.4. The molecule has 2 rings (SSSR count). The van der Waals surface area contributed by atoms with Crippen molar-refractivity contribution in [2.24, 2.45) is 5.92 Å². The molecule has 1 aliphatic rings. The Labute approximate surface area is 164 Å². The molecule has 0 spiro atoms. The van der Waals surface area contributed by atoms with Gasteiger partial charge in [-0.05, 0) is 71.8 Å². The summed E-state index contributed by atoms with van der Waals surface area (Å²) in [5, 5.41) is 3.16. The molecule has 0 atom stereocenters. The van der Waals surface area contributed by atoms with Crippen LogP contribution in [0.2, 0.25) is 0 Å². The largest absolute Gasteiger partial charge is 0.446 e. The number of likely N-dealkylation sites (tertiary alicyclic amines) is 1. The summed E-state index contributed by atoms with van der Waals surface area (Å²) in [6.07, 6.45) is 5.28. The van der Waals surface area contributed by atoms with Gasteiger partial charge in [0.15, 0.2) is 5.89 Å². The van der Waals surface area contributed by atoms with Gasteiger partial charge in [0.1, 0.15) is 5.76 Å². The van der Waals surface area contributed by atoms with Crippen LogP contribution in [0.15, 0.2) is 4.42 Å². The maximum atomic E-state index is 12.4. The average Bonchev–Trinajstić information content (AvgIpc) is 2.96. The smallest absolute Gasteiger partial charge is 0.223 e. The highest BCUT2D eigenvalue weighted by Crippen LogP contribution is 2.20. The summed E-state index contributed by atoms with van der Waals surface area (Å²) in [7, 11) is 0. The van der Waals surface area contributed by atoms with Crippen LogP contribution in [-0.4, -0.2) is 60.0 Å². The van der Waals surface area contributed by atoms with E-state index < -0.39 is 0 Å². The molecule has 6 heteroatoms. The first-order valence-corrected chi connectivity index (χ1v) is 10.7. The summed E-state index contributed by atoms with van der Waals surface area (Å²) in [6.45, 7) is 15.2. The van der Waals surface area contributed by atoms with E-state index in [-0.39, 0.29) is 11.8 Å². The zero-order valence-electron chi connectivity index (χ0n) is 17.7.